The van der Waals surface area contributed by atoms with Gasteiger partial charge in [-0.2, -0.15) is 0 Å². The van der Waals surface area contributed by atoms with Crippen LogP contribution in [0.5, 0.6) is 11.5 Å². The second kappa shape index (κ2) is 11.2. The highest BCUT2D eigenvalue weighted by atomic mass is 19.1. The Balaban J connectivity index is 1.38. The van der Waals surface area contributed by atoms with Gasteiger partial charge < -0.3 is 24.7 Å². The van der Waals surface area contributed by atoms with Gasteiger partial charge in [-0.25, -0.2) is 9.37 Å². The quantitative estimate of drug-likeness (QED) is 0.370. The van der Waals surface area contributed by atoms with Crippen LogP contribution < -0.4 is 20.1 Å². The number of aryl methyl sites for hydroxylation is 1. The lowest BCUT2D eigenvalue weighted by atomic mass is 10.1. The maximum Gasteiger partial charge on any atom is 0.262 e. The molecule has 0 saturated heterocycles. The number of imidazole rings is 1. The first kappa shape index (κ1) is 24.5. The number of rotatable bonds is 9. The number of hydrogen-bond donors (Lipinski definition) is 2. The lowest BCUT2D eigenvalue weighted by Crippen LogP contribution is -2.31. The van der Waals surface area contributed by atoms with Crippen LogP contribution in [-0.4, -0.2) is 35.1 Å². The van der Waals surface area contributed by atoms with E-state index >= 15 is 0 Å². The molecule has 3 aromatic carbocycles. The molecule has 0 fully saturated rings. The van der Waals surface area contributed by atoms with Crippen LogP contribution in [0, 0.1) is 5.82 Å². The molecule has 1 aromatic heterocycles. The van der Waals surface area contributed by atoms with Crippen LogP contribution in [0.1, 0.15) is 27.8 Å². The number of ether oxygens (including phenoxy) is 2. The Bertz CT molecular complexity index is 1340. The van der Waals surface area contributed by atoms with Gasteiger partial charge in [0.05, 0.1) is 7.11 Å². The number of carbonyl (C=O) groups excluding carboxylic acids is 2. The minimum atomic E-state index is -0.575. The van der Waals surface area contributed by atoms with Crippen LogP contribution in [0.2, 0.25) is 0 Å². The summed E-state index contributed by atoms with van der Waals surface area (Å²) in [5, 5.41) is 5.69. The molecule has 2 amide bonds. The van der Waals surface area contributed by atoms with Crippen molar-refractivity contribution in [2.75, 3.05) is 19.0 Å². The zero-order chi connectivity index (χ0) is 25.5. The average Bonchev–Trinajstić information content (AvgIpc) is 3.32. The third-order valence-corrected chi connectivity index (χ3v) is 5.44. The average molecular weight is 489 g/mol. The Morgan fingerprint density at radius 2 is 1.78 bits per heavy atom. The molecule has 8 nitrogen and oxygen atoms in total. The second-order valence-electron chi connectivity index (χ2n) is 7.95. The maximum absolute atomic E-state index is 13.4. The number of anilines is 1. The normalized spacial score (nSPS) is 11.4. The second-order valence-corrected chi connectivity index (χ2v) is 7.95. The molecule has 1 unspecified atom stereocenters. The van der Waals surface area contributed by atoms with Crippen LogP contribution in [0.15, 0.2) is 85.2 Å². The molecule has 0 spiro atoms. The Labute approximate surface area is 207 Å². The molecule has 1 heterocycles. The van der Waals surface area contributed by atoms with Gasteiger partial charge in [-0.05, 0) is 54.1 Å². The summed E-state index contributed by atoms with van der Waals surface area (Å²) in [6.45, 7) is -0.200. The van der Waals surface area contributed by atoms with E-state index in [-0.39, 0.29) is 24.2 Å². The number of amides is 2. The van der Waals surface area contributed by atoms with E-state index in [0.29, 0.717) is 34.1 Å². The first-order valence-electron chi connectivity index (χ1n) is 11.1. The molecule has 9 heteroatoms. The molecule has 0 aliphatic heterocycles. The molecule has 4 rings (SSSR count). The van der Waals surface area contributed by atoms with Gasteiger partial charge in [0.1, 0.15) is 29.2 Å². The standard InChI is InChI=1S/C27H25FN4O4/c1-32-15-14-29-26(32)25(18-6-10-20(28)11-7-18)31-27(34)19-8-12-22(13-9-19)36-17-24(33)30-21-4-3-5-23(16-21)35-2/h3-16,25H,17H2,1-2H3,(H,30,33)(H,31,34). The zero-order valence-corrected chi connectivity index (χ0v) is 19.8. The van der Waals surface area contributed by atoms with E-state index in [4.69, 9.17) is 9.47 Å². The number of halogens is 1. The first-order valence-corrected chi connectivity index (χ1v) is 11.1. The predicted molar refractivity (Wildman–Crippen MR) is 132 cm³/mol. The predicted octanol–water partition coefficient (Wildman–Crippen LogP) is 4.10. The number of nitrogens with one attached hydrogen (secondary N) is 2. The van der Waals surface area contributed by atoms with Gasteiger partial charge in [-0.1, -0.05) is 18.2 Å². The minimum Gasteiger partial charge on any atom is -0.497 e. The number of benzene rings is 3. The van der Waals surface area contributed by atoms with Crippen LogP contribution >= 0.6 is 0 Å². The molecule has 36 heavy (non-hydrogen) atoms. The van der Waals surface area contributed by atoms with E-state index in [1.54, 1.807) is 84.7 Å². The molecular weight excluding hydrogens is 463 g/mol. The van der Waals surface area contributed by atoms with E-state index < -0.39 is 6.04 Å². The Hall–Kier alpha value is -4.66. The molecule has 0 aliphatic carbocycles. The van der Waals surface area contributed by atoms with E-state index in [9.17, 15) is 14.0 Å². The van der Waals surface area contributed by atoms with Gasteiger partial charge in [0.25, 0.3) is 11.8 Å². The molecule has 0 saturated carbocycles. The van der Waals surface area contributed by atoms with Gasteiger partial charge in [0.15, 0.2) is 6.61 Å². The molecule has 4 aromatic rings. The third kappa shape index (κ3) is 6.06. The van der Waals surface area contributed by atoms with Crippen molar-refractivity contribution in [3.63, 3.8) is 0 Å². The van der Waals surface area contributed by atoms with Crippen LogP contribution in [-0.2, 0) is 11.8 Å². The summed E-state index contributed by atoms with van der Waals surface area (Å²) in [5.41, 5.74) is 1.68. The molecule has 2 N–H and O–H groups in total. The van der Waals surface area contributed by atoms with Crippen molar-refractivity contribution in [3.05, 3.63) is 108 Å². The number of nitrogens with zero attached hydrogens (tertiary/aromatic N) is 2. The lowest BCUT2D eigenvalue weighted by molar-refractivity contribution is -0.118. The molecular formula is C27H25FN4O4. The van der Waals surface area contributed by atoms with Crippen molar-refractivity contribution in [2.45, 2.75) is 6.04 Å². The van der Waals surface area contributed by atoms with Gasteiger partial charge in [0, 0.05) is 36.8 Å². The summed E-state index contributed by atoms with van der Waals surface area (Å²) in [7, 11) is 3.37. The van der Waals surface area contributed by atoms with Gasteiger partial charge in [0.2, 0.25) is 0 Å². The minimum absolute atomic E-state index is 0.200. The van der Waals surface area contributed by atoms with Gasteiger partial charge in [-0.3, -0.25) is 9.59 Å². The van der Waals surface area contributed by atoms with Crippen molar-refractivity contribution in [2.24, 2.45) is 7.05 Å². The monoisotopic (exact) mass is 488 g/mol. The van der Waals surface area contributed by atoms with Crippen LogP contribution in [0.3, 0.4) is 0 Å². The summed E-state index contributed by atoms with van der Waals surface area (Å²) >= 11 is 0. The summed E-state index contributed by atoms with van der Waals surface area (Å²) < 4.78 is 25.9. The molecule has 1 atom stereocenters. The first-order chi connectivity index (χ1) is 17.4. The topological polar surface area (TPSA) is 94.5 Å². The third-order valence-electron chi connectivity index (χ3n) is 5.44. The Morgan fingerprint density at radius 1 is 1.03 bits per heavy atom. The summed E-state index contributed by atoms with van der Waals surface area (Å²) in [4.78, 5) is 29.5. The van der Waals surface area contributed by atoms with E-state index in [2.05, 4.69) is 15.6 Å². The number of carbonyl (C=O) groups is 2. The van der Waals surface area contributed by atoms with E-state index in [1.807, 2.05) is 7.05 Å². The highest BCUT2D eigenvalue weighted by molar-refractivity contribution is 5.95. The SMILES string of the molecule is COc1cccc(NC(=O)COc2ccc(C(=O)NC(c3ccc(F)cc3)c3nccn3C)cc2)c1. The van der Waals surface area contributed by atoms with Crippen molar-refractivity contribution in [1.29, 1.82) is 0 Å². The smallest absolute Gasteiger partial charge is 0.262 e. The summed E-state index contributed by atoms with van der Waals surface area (Å²) in [6, 6.07) is 18.8. The van der Waals surface area contributed by atoms with Crippen LogP contribution in [0.4, 0.5) is 10.1 Å². The number of methoxy groups -OCH3 is 1. The summed E-state index contributed by atoms with van der Waals surface area (Å²) in [5.74, 6) is 0.643. The molecule has 0 bridgehead atoms. The fraction of sp³-hybridized carbons (Fsp3) is 0.148. The lowest BCUT2D eigenvalue weighted by Gasteiger charge is -2.19. The van der Waals surface area contributed by atoms with E-state index in [1.165, 1.54) is 12.1 Å². The Morgan fingerprint density at radius 3 is 2.44 bits per heavy atom. The van der Waals surface area contributed by atoms with Crippen molar-refractivity contribution in [3.8, 4) is 11.5 Å². The highest BCUT2D eigenvalue weighted by Gasteiger charge is 2.21. The Kier molecular flexibility index (Phi) is 7.60. The van der Waals surface area contributed by atoms with Crippen LogP contribution in [0.25, 0.3) is 0 Å². The highest BCUT2D eigenvalue weighted by Crippen LogP contribution is 2.22. The number of hydrogen-bond acceptors (Lipinski definition) is 5. The molecule has 0 radical (unpaired) electrons. The largest absolute Gasteiger partial charge is 0.497 e. The van der Waals surface area contributed by atoms with Gasteiger partial charge >= 0.3 is 0 Å². The van der Waals surface area contributed by atoms with Crippen molar-refractivity contribution >= 4 is 17.5 Å². The van der Waals surface area contributed by atoms with Crippen molar-refractivity contribution < 1.29 is 23.5 Å². The van der Waals surface area contributed by atoms with E-state index in [0.717, 1.165) is 0 Å². The van der Waals surface area contributed by atoms with Crippen molar-refractivity contribution in [1.82, 2.24) is 14.9 Å². The summed E-state index contributed by atoms with van der Waals surface area (Å²) in [6.07, 6.45) is 3.41. The fourth-order valence-electron chi connectivity index (χ4n) is 3.57. The molecule has 184 valence electrons. The zero-order valence-electron chi connectivity index (χ0n) is 19.8. The van der Waals surface area contributed by atoms with Gasteiger partial charge in [-0.15, -0.1) is 0 Å². The fourth-order valence-corrected chi connectivity index (χ4v) is 3.57. The number of aromatic nitrogens is 2. The maximum atomic E-state index is 13.4. The molecule has 0 aliphatic rings.